The Hall–Kier alpha value is -2.99. The molecule has 0 spiro atoms. The maximum atomic E-state index is 12.3. The Morgan fingerprint density at radius 3 is 2.59 bits per heavy atom. The highest BCUT2D eigenvalue weighted by Crippen LogP contribution is 2.28. The van der Waals surface area contributed by atoms with Gasteiger partial charge in [-0.15, -0.1) is 0 Å². The Balaban J connectivity index is 1.53. The molecule has 150 valence electrons. The number of benzene rings is 2. The lowest BCUT2D eigenvalue weighted by Crippen LogP contribution is -2.26. The van der Waals surface area contributed by atoms with Crippen molar-refractivity contribution in [3.63, 3.8) is 0 Å². The summed E-state index contributed by atoms with van der Waals surface area (Å²) in [5.74, 6) is 0.0363. The average Bonchev–Trinajstić information content (AvgIpc) is 3.03. The van der Waals surface area contributed by atoms with Crippen molar-refractivity contribution in [1.29, 1.82) is 0 Å². The normalized spacial score (nSPS) is 11.7. The van der Waals surface area contributed by atoms with E-state index in [1.165, 1.54) is 0 Å². The van der Waals surface area contributed by atoms with Crippen LogP contribution in [-0.2, 0) is 16.1 Å². The summed E-state index contributed by atoms with van der Waals surface area (Å²) in [5, 5.41) is 4.04. The van der Waals surface area contributed by atoms with Crippen molar-refractivity contribution in [1.82, 2.24) is 19.9 Å². The molecule has 1 N–H and O–H groups in total. The van der Waals surface area contributed by atoms with Gasteiger partial charge in [-0.3, -0.25) is 4.79 Å². The number of rotatable bonds is 8. The summed E-state index contributed by atoms with van der Waals surface area (Å²) in [6.07, 6.45) is 1.43. The first kappa shape index (κ1) is 19.3. The molecule has 4 aromatic rings. The fraction of sp³-hybridized carbons (Fsp3) is 0.348. The van der Waals surface area contributed by atoms with Crippen molar-refractivity contribution < 1.29 is 9.53 Å². The van der Waals surface area contributed by atoms with Gasteiger partial charge in [0.05, 0.1) is 22.7 Å². The number of para-hydroxylation sites is 3. The van der Waals surface area contributed by atoms with Crippen LogP contribution in [0.1, 0.15) is 26.7 Å². The Morgan fingerprint density at radius 2 is 1.79 bits per heavy atom. The average molecular weight is 390 g/mol. The van der Waals surface area contributed by atoms with Gasteiger partial charge in [0, 0.05) is 31.5 Å². The zero-order chi connectivity index (χ0) is 20.2. The third kappa shape index (κ3) is 4.22. The third-order valence-electron chi connectivity index (χ3n) is 4.91. The number of fused-ring (bicyclic) bond motifs is 4. The second-order valence-corrected chi connectivity index (χ2v) is 7.43. The van der Waals surface area contributed by atoms with E-state index in [1.807, 2.05) is 50.2 Å². The van der Waals surface area contributed by atoms with E-state index in [0.717, 1.165) is 39.5 Å². The summed E-state index contributed by atoms with van der Waals surface area (Å²) in [4.78, 5) is 22.0. The summed E-state index contributed by atoms with van der Waals surface area (Å²) < 4.78 is 7.61. The van der Waals surface area contributed by atoms with Gasteiger partial charge < -0.3 is 14.6 Å². The van der Waals surface area contributed by atoms with Crippen LogP contribution in [0.5, 0.6) is 0 Å². The number of nitrogens with zero attached hydrogens (tertiary/aromatic N) is 3. The van der Waals surface area contributed by atoms with Gasteiger partial charge in [0.2, 0.25) is 5.91 Å². The Bertz CT molecular complexity index is 1150. The van der Waals surface area contributed by atoms with Gasteiger partial charge in [-0.05, 0) is 38.5 Å². The number of hydrogen-bond donors (Lipinski definition) is 1. The highest BCUT2D eigenvalue weighted by atomic mass is 16.5. The molecule has 0 saturated heterocycles. The van der Waals surface area contributed by atoms with Gasteiger partial charge in [-0.25, -0.2) is 9.97 Å². The first-order valence-electron chi connectivity index (χ1n) is 10.2. The molecule has 1 amide bonds. The number of aryl methyl sites for hydroxylation is 1. The van der Waals surface area contributed by atoms with Gasteiger partial charge in [0.25, 0.3) is 0 Å². The number of hydrogen-bond acceptors (Lipinski definition) is 4. The van der Waals surface area contributed by atoms with Gasteiger partial charge in [-0.2, -0.15) is 0 Å². The van der Waals surface area contributed by atoms with Crippen molar-refractivity contribution >= 4 is 39.0 Å². The molecule has 0 aliphatic rings. The zero-order valence-corrected chi connectivity index (χ0v) is 16.9. The Kier molecular flexibility index (Phi) is 5.71. The summed E-state index contributed by atoms with van der Waals surface area (Å²) in [6.45, 7) is 5.87. The second-order valence-electron chi connectivity index (χ2n) is 7.43. The number of aromatic nitrogens is 3. The fourth-order valence-corrected chi connectivity index (χ4v) is 3.53. The minimum absolute atomic E-state index is 0.0363. The Labute approximate surface area is 169 Å². The molecule has 2 heterocycles. The predicted molar refractivity (Wildman–Crippen MR) is 116 cm³/mol. The quantitative estimate of drug-likeness (QED) is 0.461. The zero-order valence-electron chi connectivity index (χ0n) is 16.9. The van der Waals surface area contributed by atoms with E-state index in [0.29, 0.717) is 26.1 Å². The van der Waals surface area contributed by atoms with Crippen LogP contribution < -0.4 is 5.32 Å². The molecule has 0 saturated carbocycles. The molecule has 0 atom stereocenters. The highest BCUT2D eigenvalue weighted by Gasteiger charge is 2.15. The van der Waals surface area contributed by atoms with Crippen molar-refractivity contribution in [3.05, 3.63) is 48.5 Å². The topological polar surface area (TPSA) is 69.0 Å². The maximum absolute atomic E-state index is 12.3. The fourth-order valence-electron chi connectivity index (χ4n) is 3.53. The number of amides is 1. The summed E-state index contributed by atoms with van der Waals surface area (Å²) in [7, 11) is 0. The van der Waals surface area contributed by atoms with Crippen LogP contribution in [0.25, 0.3) is 33.1 Å². The van der Waals surface area contributed by atoms with Crippen LogP contribution in [0, 0.1) is 0 Å². The Morgan fingerprint density at radius 1 is 1.07 bits per heavy atom. The smallest absolute Gasteiger partial charge is 0.221 e. The molecule has 6 heteroatoms. The molecule has 6 nitrogen and oxygen atoms in total. The molecule has 0 aliphatic heterocycles. The molecule has 29 heavy (non-hydrogen) atoms. The highest BCUT2D eigenvalue weighted by molar-refractivity contribution is 6.06. The molecular weight excluding hydrogens is 364 g/mol. The number of carbonyl (C=O) groups excluding carboxylic acids is 1. The van der Waals surface area contributed by atoms with Crippen molar-refractivity contribution in [3.8, 4) is 0 Å². The lowest BCUT2D eigenvalue weighted by molar-refractivity contribution is -0.121. The second kappa shape index (κ2) is 8.57. The molecule has 2 aromatic heterocycles. The lowest BCUT2D eigenvalue weighted by atomic mass is 10.2. The van der Waals surface area contributed by atoms with E-state index in [2.05, 4.69) is 22.0 Å². The van der Waals surface area contributed by atoms with Gasteiger partial charge >= 0.3 is 0 Å². The molecule has 0 unspecified atom stereocenters. The molecular formula is C23H26N4O2. The largest absolute Gasteiger partial charge is 0.379 e. The summed E-state index contributed by atoms with van der Waals surface area (Å²) in [6, 6.07) is 16.0. The van der Waals surface area contributed by atoms with Crippen molar-refractivity contribution in [2.24, 2.45) is 0 Å². The van der Waals surface area contributed by atoms with Crippen LogP contribution in [0.4, 0.5) is 0 Å². The van der Waals surface area contributed by atoms with E-state index in [4.69, 9.17) is 14.7 Å². The van der Waals surface area contributed by atoms with Crippen LogP contribution in [0.2, 0.25) is 0 Å². The molecule has 0 bridgehead atoms. The van der Waals surface area contributed by atoms with Crippen LogP contribution in [-0.4, -0.2) is 39.7 Å². The molecule has 0 fully saturated rings. The summed E-state index contributed by atoms with van der Waals surface area (Å²) in [5.41, 5.74) is 4.49. The minimum atomic E-state index is 0.0363. The van der Waals surface area contributed by atoms with Crippen LogP contribution in [0.3, 0.4) is 0 Å². The number of ether oxygens (including phenoxy) is 1. The summed E-state index contributed by atoms with van der Waals surface area (Å²) >= 11 is 0. The van der Waals surface area contributed by atoms with Crippen molar-refractivity contribution in [2.45, 2.75) is 39.3 Å². The van der Waals surface area contributed by atoms with Crippen molar-refractivity contribution in [2.75, 3.05) is 13.2 Å². The molecule has 0 radical (unpaired) electrons. The van der Waals surface area contributed by atoms with Gasteiger partial charge in [0.1, 0.15) is 5.52 Å². The van der Waals surface area contributed by atoms with E-state index in [9.17, 15) is 4.79 Å². The first-order chi connectivity index (χ1) is 14.1. The van der Waals surface area contributed by atoms with E-state index >= 15 is 0 Å². The van der Waals surface area contributed by atoms with E-state index in [-0.39, 0.29) is 12.0 Å². The van der Waals surface area contributed by atoms with E-state index < -0.39 is 0 Å². The maximum Gasteiger partial charge on any atom is 0.221 e. The van der Waals surface area contributed by atoms with Gasteiger partial charge in [0.15, 0.2) is 5.65 Å². The van der Waals surface area contributed by atoms with E-state index in [1.54, 1.807) is 0 Å². The standard InChI is InChI=1S/C23H26N4O2/c1-16(2)29-15-7-13-24-21(28)12-14-27-20-11-6-3-8-17(20)22-23(27)26-19-10-5-4-9-18(19)25-22/h3-6,8-11,16H,7,12-15H2,1-2H3,(H,24,28). The predicted octanol–water partition coefficient (Wildman–Crippen LogP) is 4.06. The number of carbonyl (C=O) groups is 1. The monoisotopic (exact) mass is 390 g/mol. The van der Waals surface area contributed by atoms with Gasteiger partial charge in [-0.1, -0.05) is 30.3 Å². The minimum Gasteiger partial charge on any atom is -0.379 e. The number of nitrogens with one attached hydrogen (secondary N) is 1. The van der Waals surface area contributed by atoms with Crippen LogP contribution >= 0.6 is 0 Å². The molecule has 0 aliphatic carbocycles. The molecule has 4 rings (SSSR count). The van der Waals surface area contributed by atoms with Crippen LogP contribution in [0.15, 0.2) is 48.5 Å². The third-order valence-corrected chi connectivity index (χ3v) is 4.91. The SMILES string of the molecule is CC(C)OCCCNC(=O)CCn1c2ccccc2c2nc3ccccc3nc21. The first-order valence-corrected chi connectivity index (χ1v) is 10.2. The molecule has 2 aromatic carbocycles. The lowest BCUT2D eigenvalue weighted by Gasteiger charge is -2.09.